The number of fused-ring (bicyclic) bond motifs is 1. The number of benzene rings is 1. The summed E-state index contributed by atoms with van der Waals surface area (Å²) in [5.74, 6) is -0.0851. The van der Waals surface area contributed by atoms with E-state index in [0.29, 0.717) is 6.42 Å². The lowest BCUT2D eigenvalue weighted by Gasteiger charge is -2.09. The maximum atomic E-state index is 11.6. The molecule has 0 fully saturated rings. The third kappa shape index (κ3) is 2.85. The van der Waals surface area contributed by atoms with Crippen LogP contribution in [0.2, 0.25) is 0 Å². The van der Waals surface area contributed by atoms with Crippen LogP contribution in [0.4, 0.5) is 0 Å². The molecule has 1 amide bonds. The zero-order valence-electron chi connectivity index (χ0n) is 9.73. The Morgan fingerprint density at radius 2 is 2.24 bits per heavy atom. The number of hydrogen-bond donors (Lipinski definition) is 3. The normalized spacial score (nSPS) is 12.6. The lowest BCUT2D eigenvalue weighted by Crippen LogP contribution is -2.36. The van der Waals surface area contributed by atoms with E-state index in [0.717, 1.165) is 16.6 Å². The van der Waals surface area contributed by atoms with Gasteiger partial charge in [0, 0.05) is 17.3 Å². The van der Waals surface area contributed by atoms with Gasteiger partial charge >= 0.3 is 0 Å². The maximum Gasteiger partial charge on any atom is 0.226 e. The van der Waals surface area contributed by atoms with Gasteiger partial charge in [0.2, 0.25) is 5.91 Å². The van der Waals surface area contributed by atoms with Gasteiger partial charge < -0.3 is 15.4 Å². The van der Waals surface area contributed by atoms with Crippen LogP contribution in [0.5, 0.6) is 0 Å². The van der Waals surface area contributed by atoms with Crippen molar-refractivity contribution in [2.75, 3.05) is 6.61 Å². The molecule has 1 unspecified atom stereocenters. The molecule has 0 saturated carbocycles. The second kappa shape index (κ2) is 5.01. The minimum Gasteiger partial charge on any atom is -0.394 e. The molecule has 1 heterocycles. The summed E-state index contributed by atoms with van der Waals surface area (Å²) in [6.45, 7) is 1.72. The summed E-state index contributed by atoms with van der Waals surface area (Å²) in [5.41, 5.74) is 1.92. The minimum absolute atomic E-state index is 0.0432. The van der Waals surface area contributed by atoms with E-state index >= 15 is 0 Å². The first-order valence-electron chi connectivity index (χ1n) is 5.66. The van der Waals surface area contributed by atoms with E-state index in [9.17, 15) is 4.79 Å². The Kier molecular flexibility index (Phi) is 3.44. The Morgan fingerprint density at radius 3 is 2.94 bits per heavy atom. The predicted octanol–water partition coefficient (Wildman–Crippen LogP) is 1.21. The lowest BCUT2D eigenvalue weighted by molar-refractivity contribution is -0.121. The van der Waals surface area contributed by atoms with Crippen LogP contribution in [0.25, 0.3) is 10.9 Å². The van der Waals surface area contributed by atoms with Crippen molar-refractivity contribution in [1.82, 2.24) is 10.3 Å². The molecule has 0 saturated heterocycles. The number of carbonyl (C=O) groups is 1. The summed E-state index contributed by atoms with van der Waals surface area (Å²) in [6, 6.07) is 9.67. The van der Waals surface area contributed by atoms with Gasteiger partial charge in [-0.2, -0.15) is 0 Å². The highest BCUT2D eigenvalue weighted by atomic mass is 16.3. The number of nitrogens with one attached hydrogen (secondary N) is 2. The summed E-state index contributed by atoms with van der Waals surface area (Å²) in [6.07, 6.45) is 0.305. The van der Waals surface area contributed by atoms with Crippen molar-refractivity contribution in [1.29, 1.82) is 0 Å². The van der Waals surface area contributed by atoms with Gasteiger partial charge in [-0.25, -0.2) is 0 Å². The molecule has 2 aromatic rings. The van der Waals surface area contributed by atoms with Gasteiger partial charge in [0.15, 0.2) is 0 Å². The molecule has 0 aliphatic heterocycles. The predicted molar refractivity (Wildman–Crippen MR) is 66.7 cm³/mol. The lowest BCUT2D eigenvalue weighted by atomic mass is 10.2. The second-order valence-electron chi connectivity index (χ2n) is 4.21. The highest BCUT2D eigenvalue weighted by Gasteiger charge is 2.08. The fraction of sp³-hybridized carbons (Fsp3) is 0.308. The van der Waals surface area contributed by atoms with Crippen LogP contribution in [0.3, 0.4) is 0 Å². The van der Waals surface area contributed by atoms with Crippen LogP contribution >= 0.6 is 0 Å². The van der Waals surface area contributed by atoms with Gasteiger partial charge in [-0.3, -0.25) is 4.79 Å². The first-order chi connectivity index (χ1) is 8.19. The van der Waals surface area contributed by atoms with Crippen molar-refractivity contribution in [3.63, 3.8) is 0 Å². The number of aliphatic hydroxyl groups is 1. The average Bonchev–Trinajstić information content (AvgIpc) is 2.70. The van der Waals surface area contributed by atoms with Gasteiger partial charge in [-0.15, -0.1) is 0 Å². The number of para-hydroxylation sites is 1. The van der Waals surface area contributed by atoms with Gasteiger partial charge in [0.25, 0.3) is 0 Å². The zero-order valence-corrected chi connectivity index (χ0v) is 9.73. The Balaban J connectivity index is 2.05. The SMILES string of the molecule is CC(CO)NC(=O)Cc1cc2ccccc2[nH]1. The second-order valence-corrected chi connectivity index (χ2v) is 4.21. The first kappa shape index (κ1) is 11.7. The highest BCUT2D eigenvalue weighted by molar-refractivity contribution is 5.84. The van der Waals surface area contributed by atoms with Crippen LogP contribution in [0, 0.1) is 0 Å². The van der Waals surface area contributed by atoms with Gasteiger partial charge in [0.05, 0.1) is 13.0 Å². The minimum atomic E-state index is -0.202. The molecule has 0 spiro atoms. The smallest absolute Gasteiger partial charge is 0.226 e. The summed E-state index contributed by atoms with van der Waals surface area (Å²) < 4.78 is 0. The van der Waals surface area contributed by atoms with Crippen LogP contribution < -0.4 is 5.32 Å². The van der Waals surface area contributed by atoms with E-state index in [-0.39, 0.29) is 18.6 Å². The number of aromatic amines is 1. The molecule has 1 aromatic heterocycles. The van der Waals surface area contributed by atoms with Gasteiger partial charge in [0.1, 0.15) is 0 Å². The molecule has 1 aromatic carbocycles. The van der Waals surface area contributed by atoms with Gasteiger partial charge in [-0.1, -0.05) is 18.2 Å². The molecule has 0 radical (unpaired) electrons. The molecular formula is C13H16N2O2. The maximum absolute atomic E-state index is 11.6. The standard InChI is InChI=1S/C13H16N2O2/c1-9(8-16)14-13(17)7-11-6-10-4-2-3-5-12(10)15-11/h2-6,9,15-16H,7-8H2,1H3,(H,14,17). The molecule has 4 heteroatoms. The van der Waals surface area contributed by atoms with Crippen molar-refractivity contribution < 1.29 is 9.90 Å². The van der Waals surface area contributed by atoms with Crippen LogP contribution in [0.1, 0.15) is 12.6 Å². The molecule has 3 N–H and O–H groups in total. The molecule has 0 aliphatic carbocycles. The molecule has 90 valence electrons. The highest BCUT2D eigenvalue weighted by Crippen LogP contribution is 2.14. The van der Waals surface area contributed by atoms with Crippen LogP contribution in [-0.4, -0.2) is 28.6 Å². The number of aromatic nitrogens is 1. The number of amides is 1. The first-order valence-corrected chi connectivity index (χ1v) is 5.66. The molecule has 1 atom stereocenters. The fourth-order valence-electron chi connectivity index (χ4n) is 1.77. The van der Waals surface area contributed by atoms with E-state index in [2.05, 4.69) is 10.3 Å². The van der Waals surface area contributed by atoms with E-state index in [4.69, 9.17) is 5.11 Å². The van der Waals surface area contributed by atoms with E-state index < -0.39 is 0 Å². The Hall–Kier alpha value is -1.81. The van der Waals surface area contributed by atoms with Crippen molar-refractivity contribution in [3.8, 4) is 0 Å². The summed E-state index contributed by atoms with van der Waals surface area (Å²) >= 11 is 0. The summed E-state index contributed by atoms with van der Waals surface area (Å²) in [7, 11) is 0. The Labute approximate surface area is 99.7 Å². The van der Waals surface area contributed by atoms with Crippen molar-refractivity contribution in [3.05, 3.63) is 36.0 Å². The number of carbonyl (C=O) groups excluding carboxylic acids is 1. The zero-order chi connectivity index (χ0) is 12.3. The van der Waals surface area contributed by atoms with E-state index in [1.165, 1.54) is 0 Å². The monoisotopic (exact) mass is 232 g/mol. The number of rotatable bonds is 4. The fourth-order valence-corrected chi connectivity index (χ4v) is 1.77. The third-order valence-corrected chi connectivity index (χ3v) is 2.62. The molecule has 17 heavy (non-hydrogen) atoms. The summed E-state index contributed by atoms with van der Waals surface area (Å²) in [4.78, 5) is 14.8. The number of hydrogen-bond acceptors (Lipinski definition) is 2. The van der Waals surface area contributed by atoms with Crippen molar-refractivity contribution in [2.45, 2.75) is 19.4 Å². The molecule has 0 aliphatic rings. The quantitative estimate of drug-likeness (QED) is 0.741. The van der Waals surface area contributed by atoms with Crippen LogP contribution in [0.15, 0.2) is 30.3 Å². The molecule has 4 nitrogen and oxygen atoms in total. The topological polar surface area (TPSA) is 65.1 Å². The molecular weight excluding hydrogens is 216 g/mol. The number of aliphatic hydroxyl groups excluding tert-OH is 1. The molecule has 2 rings (SSSR count). The van der Waals surface area contributed by atoms with Crippen LogP contribution in [-0.2, 0) is 11.2 Å². The Bertz CT molecular complexity index is 486. The van der Waals surface area contributed by atoms with Crippen molar-refractivity contribution >= 4 is 16.8 Å². The third-order valence-electron chi connectivity index (χ3n) is 2.62. The largest absolute Gasteiger partial charge is 0.394 e. The molecule has 0 bridgehead atoms. The average molecular weight is 232 g/mol. The van der Waals surface area contributed by atoms with E-state index in [1.807, 2.05) is 30.3 Å². The Morgan fingerprint density at radius 1 is 1.47 bits per heavy atom. The summed E-state index contributed by atoms with van der Waals surface area (Å²) in [5, 5.41) is 12.7. The number of H-pyrrole nitrogens is 1. The van der Waals surface area contributed by atoms with Gasteiger partial charge in [-0.05, 0) is 24.4 Å². The van der Waals surface area contributed by atoms with Crippen molar-refractivity contribution in [2.24, 2.45) is 0 Å². The van der Waals surface area contributed by atoms with E-state index in [1.54, 1.807) is 6.92 Å².